The predicted octanol–water partition coefficient (Wildman–Crippen LogP) is 7.89. The highest BCUT2D eigenvalue weighted by Crippen LogP contribution is 2.45. The third kappa shape index (κ3) is 4.19. The minimum absolute atomic E-state index is 0.000105. The maximum atomic E-state index is 14.1. The molecule has 1 amide bonds. The van der Waals surface area contributed by atoms with Gasteiger partial charge in [-0.3, -0.25) is 4.79 Å². The van der Waals surface area contributed by atoms with Crippen molar-refractivity contribution in [2.75, 3.05) is 4.90 Å². The quantitative estimate of drug-likeness (QED) is 0.265. The molecule has 0 bridgehead atoms. The lowest BCUT2D eigenvalue weighted by molar-refractivity contribution is -0.117. The summed E-state index contributed by atoms with van der Waals surface area (Å²) in [7, 11) is 0. The first kappa shape index (κ1) is 25.0. The number of aromatic nitrogens is 3. The van der Waals surface area contributed by atoms with Crippen LogP contribution in [0, 0.1) is 20.8 Å². The third-order valence-electron chi connectivity index (χ3n) is 8.03. The molecule has 2 aliphatic rings. The second-order valence-electron chi connectivity index (χ2n) is 10.6. The van der Waals surface area contributed by atoms with Crippen molar-refractivity contribution in [3.05, 3.63) is 64.3 Å². The van der Waals surface area contributed by atoms with Gasteiger partial charge in [0.15, 0.2) is 0 Å². The van der Waals surface area contributed by atoms with Gasteiger partial charge in [0.05, 0.1) is 22.8 Å². The first-order chi connectivity index (χ1) is 18.1. The number of halogens is 3. The van der Waals surface area contributed by atoms with Gasteiger partial charge >= 0.3 is 0 Å². The normalized spacial score (nSPS) is 20.1. The number of amides is 1. The molecule has 6 nitrogen and oxygen atoms in total. The number of carbonyl (C=O) groups is 1. The van der Waals surface area contributed by atoms with E-state index in [1.54, 1.807) is 4.90 Å². The van der Waals surface area contributed by atoms with Crippen LogP contribution in [-0.2, 0) is 4.79 Å². The smallest absolute Gasteiger partial charge is 0.248 e. The number of hydrogen-bond acceptors (Lipinski definition) is 4. The van der Waals surface area contributed by atoms with Crippen molar-refractivity contribution in [3.63, 3.8) is 0 Å². The Balaban J connectivity index is 1.50. The maximum absolute atomic E-state index is 14.1. The van der Waals surface area contributed by atoms with E-state index in [4.69, 9.17) is 21.1 Å². The van der Waals surface area contributed by atoms with Gasteiger partial charge in [0.1, 0.15) is 11.6 Å². The number of fused-ring (bicyclic) bond motifs is 1. The number of rotatable bonds is 4. The fraction of sp³-hybridized carbons (Fsp3) is 0.414. The first-order valence-electron chi connectivity index (χ1n) is 13.0. The van der Waals surface area contributed by atoms with Crippen LogP contribution in [0.4, 0.5) is 14.5 Å². The van der Waals surface area contributed by atoms with Gasteiger partial charge in [-0.1, -0.05) is 28.9 Å². The van der Waals surface area contributed by atoms with E-state index >= 15 is 0 Å². The zero-order valence-corrected chi connectivity index (χ0v) is 22.4. The Morgan fingerprint density at radius 3 is 2.50 bits per heavy atom. The van der Waals surface area contributed by atoms with Crippen molar-refractivity contribution in [2.45, 2.75) is 77.3 Å². The summed E-state index contributed by atoms with van der Waals surface area (Å²) in [6.45, 7) is 5.70. The molecule has 0 unspecified atom stereocenters. The summed E-state index contributed by atoms with van der Waals surface area (Å²) in [5, 5.41) is 4.67. The molecule has 1 atom stereocenters. The van der Waals surface area contributed by atoms with Gasteiger partial charge in [-0.15, -0.1) is 0 Å². The number of carbonyl (C=O) groups excluding carboxylic acids is 1. The van der Waals surface area contributed by atoms with Crippen LogP contribution in [0.1, 0.15) is 73.5 Å². The van der Waals surface area contributed by atoms with Crippen molar-refractivity contribution in [2.24, 2.45) is 0 Å². The summed E-state index contributed by atoms with van der Waals surface area (Å²) in [5.74, 6) is -1.19. The Morgan fingerprint density at radius 2 is 1.82 bits per heavy atom. The fourth-order valence-corrected chi connectivity index (χ4v) is 6.23. The lowest BCUT2D eigenvalue weighted by atomic mass is 9.91. The van der Waals surface area contributed by atoms with Gasteiger partial charge in [0.25, 0.3) is 0 Å². The molecule has 9 heteroatoms. The summed E-state index contributed by atoms with van der Waals surface area (Å²) in [4.78, 5) is 20.0. The molecule has 0 N–H and O–H groups in total. The zero-order chi connectivity index (χ0) is 26.8. The second kappa shape index (κ2) is 9.19. The molecule has 1 saturated heterocycles. The summed E-state index contributed by atoms with van der Waals surface area (Å²) in [6.07, 6.45) is 1.37. The topological polar surface area (TPSA) is 64.2 Å². The summed E-state index contributed by atoms with van der Waals surface area (Å²) in [6, 6.07) is 11.2. The zero-order valence-electron chi connectivity index (χ0n) is 21.6. The first-order valence-corrected chi connectivity index (χ1v) is 13.4. The van der Waals surface area contributed by atoms with Crippen LogP contribution < -0.4 is 4.90 Å². The third-order valence-corrected chi connectivity index (χ3v) is 8.44. The van der Waals surface area contributed by atoms with Crippen LogP contribution in [0.5, 0.6) is 0 Å². The number of benzene rings is 2. The van der Waals surface area contributed by atoms with Crippen LogP contribution in [0.2, 0.25) is 5.02 Å². The number of alkyl halides is 2. The fourth-order valence-electron chi connectivity index (χ4n) is 6.05. The van der Waals surface area contributed by atoms with Crippen LogP contribution in [0.15, 0.2) is 40.9 Å². The highest BCUT2D eigenvalue weighted by molar-refractivity contribution is 6.31. The van der Waals surface area contributed by atoms with Crippen LogP contribution in [0.3, 0.4) is 0 Å². The van der Waals surface area contributed by atoms with Crippen molar-refractivity contribution < 1.29 is 18.1 Å². The van der Waals surface area contributed by atoms with Crippen molar-refractivity contribution in [1.29, 1.82) is 0 Å². The molecule has 0 spiro atoms. The minimum Gasteiger partial charge on any atom is -0.361 e. The van der Waals surface area contributed by atoms with E-state index in [1.165, 1.54) is 0 Å². The lowest BCUT2D eigenvalue weighted by Crippen LogP contribution is -2.31. The highest BCUT2D eigenvalue weighted by atomic mass is 35.5. The molecular formula is C29H29ClF2N4O2. The van der Waals surface area contributed by atoms with E-state index in [1.807, 2.05) is 57.2 Å². The molecule has 0 radical (unpaired) electrons. The number of nitrogens with zero attached hydrogens (tertiary/aromatic N) is 4. The summed E-state index contributed by atoms with van der Waals surface area (Å²) >= 11 is 6.43. The highest BCUT2D eigenvalue weighted by Gasteiger charge is 2.41. The number of hydrogen-bond donors (Lipinski definition) is 0. The second-order valence-corrected chi connectivity index (χ2v) is 11.0. The number of anilines is 1. The molecule has 1 aliphatic heterocycles. The molecule has 2 fully saturated rings. The van der Waals surface area contributed by atoms with Crippen molar-refractivity contribution in [1.82, 2.24) is 14.7 Å². The SMILES string of the molecule is Cc1ccc(N2C(=O)CC[C@H]2c2nc3cc(-c4c(C)noc4C)ccc3n2C2CCC(F)(F)CC2)cc1Cl. The number of aryl methyl sites for hydroxylation is 3. The molecule has 6 rings (SSSR count). The Bertz CT molecular complexity index is 1530. The van der Waals surface area contributed by atoms with Crippen molar-refractivity contribution >= 4 is 34.2 Å². The molecule has 1 aliphatic carbocycles. The largest absolute Gasteiger partial charge is 0.361 e. The van der Waals surface area contributed by atoms with E-state index in [-0.39, 0.29) is 30.8 Å². The van der Waals surface area contributed by atoms with Crippen LogP contribution >= 0.6 is 11.6 Å². The summed E-state index contributed by atoms with van der Waals surface area (Å²) in [5.41, 5.74) is 5.94. The standard InChI is InChI=1S/C29H29ClF2N4O2/c1-16-4-6-21(15-22(16)30)35-25(8-9-26(35)37)28-33-23-14-19(27-17(2)34-38-18(27)3)5-7-24(23)36(28)20-10-12-29(31,32)13-11-20/h4-7,14-15,20,25H,8-13H2,1-3H3/t25-/m0/s1. The molecule has 2 aromatic carbocycles. The Kier molecular flexibility index (Phi) is 6.05. The molecule has 3 heterocycles. The van der Waals surface area contributed by atoms with Gasteiger partial charge in [-0.05, 0) is 75.4 Å². The Hall–Kier alpha value is -3.26. The van der Waals surface area contributed by atoms with Gasteiger partial charge < -0.3 is 14.0 Å². The van der Waals surface area contributed by atoms with Gasteiger partial charge in [0.2, 0.25) is 11.8 Å². The molecule has 2 aromatic heterocycles. The molecule has 38 heavy (non-hydrogen) atoms. The Morgan fingerprint density at radius 1 is 1.05 bits per heavy atom. The van der Waals surface area contributed by atoms with Crippen LogP contribution in [-0.4, -0.2) is 26.5 Å². The molecular weight excluding hydrogens is 510 g/mol. The van der Waals surface area contributed by atoms with Gasteiger partial charge in [-0.25, -0.2) is 13.8 Å². The van der Waals surface area contributed by atoms with Gasteiger partial charge in [-0.2, -0.15) is 0 Å². The maximum Gasteiger partial charge on any atom is 0.248 e. The average molecular weight is 539 g/mol. The Labute approximate surface area is 224 Å². The van der Waals surface area contributed by atoms with Gasteiger partial charge in [0, 0.05) is 41.6 Å². The summed E-state index contributed by atoms with van der Waals surface area (Å²) < 4.78 is 35.7. The van der Waals surface area contributed by atoms with E-state index in [9.17, 15) is 13.6 Å². The average Bonchev–Trinajstić information content (AvgIpc) is 3.55. The molecule has 1 saturated carbocycles. The molecule has 198 valence electrons. The van der Waals surface area contributed by atoms with E-state index in [0.29, 0.717) is 30.7 Å². The number of imidazole rings is 1. The van der Waals surface area contributed by atoms with Crippen LogP contribution in [0.25, 0.3) is 22.2 Å². The van der Waals surface area contributed by atoms with E-state index in [0.717, 1.165) is 50.7 Å². The monoisotopic (exact) mass is 538 g/mol. The van der Waals surface area contributed by atoms with Crippen molar-refractivity contribution in [3.8, 4) is 11.1 Å². The lowest BCUT2D eigenvalue weighted by Gasteiger charge is -2.33. The molecule has 4 aromatic rings. The minimum atomic E-state index is -2.64. The van der Waals surface area contributed by atoms with E-state index < -0.39 is 5.92 Å². The predicted molar refractivity (Wildman–Crippen MR) is 143 cm³/mol. The van der Waals surface area contributed by atoms with E-state index in [2.05, 4.69) is 9.72 Å².